The molecule has 0 aliphatic heterocycles. The van der Waals surface area contributed by atoms with Crippen LogP contribution in [0.2, 0.25) is 0 Å². The molecule has 5 rings (SSSR count). The largest absolute Gasteiger partial charge is 0.455 e. The third kappa shape index (κ3) is 4.94. The van der Waals surface area contributed by atoms with E-state index in [9.17, 15) is 13.2 Å². The van der Waals surface area contributed by atoms with Crippen LogP contribution in [0.25, 0.3) is 10.9 Å². The predicted molar refractivity (Wildman–Crippen MR) is 141 cm³/mol. The Balaban J connectivity index is 1.50. The maximum Gasteiger partial charge on any atom is 0.264 e. The molecule has 0 aliphatic rings. The van der Waals surface area contributed by atoms with E-state index in [0.717, 1.165) is 15.2 Å². The van der Waals surface area contributed by atoms with Gasteiger partial charge in [0.15, 0.2) is 5.75 Å². The molecule has 1 amide bonds. The van der Waals surface area contributed by atoms with Crippen LogP contribution in [0.5, 0.6) is 11.5 Å². The SMILES string of the molecule is O=C(CN(c1ccccc1Oc1ccccc1)S(=O)(=O)c1ccccc1)Nc1ccc2cc[nH]c2c1. The molecular formula is C28H23N3O4S. The normalized spacial score (nSPS) is 11.2. The molecular weight excluding hydrogens is 474 g/mol. The van der Waals surface area contributed by atoms with Gasteiger partial charge >= 0.3 is 0 Å². The Morgan fingerprint density at radius 2 is 1.53 bits per heavy atom. The van der Waals surface area contributed by atoms with Crippen molar-refractivity contribution in [1.29, 1.82) is 0 Å². The number of nitrogens with zero attached hydrogens (tertiary/aromatic N) is 1. The molecule has 1 heterocycles. The van der Waals surface area contributed by atoms with Gasteiger partial charge in [-0.25, -0.2) is 8.42 Å². The number of hydrogen-bond donors (Lipinski definition) is 2. The molecule has 0 saturated carbocycles. The smallest absolute Gasteiger partial charge is 0.264 e. The number of carbonyl (C=O) groups is 1. The summed E-state index contributed by atoms with van der Waals surface area (Å²) >= 11 is 0. The first-order valence-corrected chi connectivity index (χ1v) is 12.7. The number of H-pyrrole nitrogens is 1. The summed E-state index contributed by atoms with van der Waals surface area (Å²) in [5.74, 6) is 0.365. The first kappa shape index (κ1) is 23.2. The van der Waals surface area contributed by atoms with Crippen LogP contribution in [0, 0.1) is 0 Å². The zero-order valence-electron chi connectivity index (χ0n) is 19.2. The van der Waals surface area contributed by atoms with Gasteiger partial charge in [-0.15, -0.1) is 0 Å². The number of ether oxygens (including phenoxy) is 1. The Bertz CT molecular complexity index is 1600. The standard InChI is InChI=1S/C28H23N3O4S/c32-28(30-22-16-15-21-17-18-29-25(21)19-22)20-31(36(33,34)24-11-5-2-6-12-24)26-13-7-8-14-27(26)35-23-9-3-1-4-10-23/h1-19,29H,20H2,(H,30,32). The number of nitrogens with one attached hydrogen (secondary N) is 2. The van der Waals surface area contributed by atoms with Crippen molar-refractivity contribution in [2.24, 2.45) is 0 Å². The van der Waals surface area contributed by atoms with E-state index in [1.807, 2.05) is 36.5 Å². The number of carbonyl (C=O) groups excluding carboxylic acids is 1. The Morgan fingerprint density at radius 1 is 0.833 bits per heavy atom. The molecule has 0 bridgehead atoms. The lowest BCUT2D eigenvalue weighted by Crippen LogP contribution is -2.38. The van der Waals surface area contributed by atoms with E-state index < -0.39 is 22.5 Å². The number of amides is 1. The van der Waals surface area contributed by atoms with Crippen LogP contribution < -0.4 is 14.4 Å². The van der Waals surface area contributed by atoms with Gasteiger partial charge in [-0.3, -0.25) is 9.10 Å². The molecule has 0 radical (unpaired) electrons. The summed E-state index contributed by atoms with van der Waals surface area (Å²) in [6.45, 7) is -0.449. The minimum absolute atomic E-state index is 0.0696. The number of benzene rings is 4. The quantitative estimate of drug-likeness (QED) is 0.284. The van der Waals surface area contributed by atoms with Gasteiger partial charge in [-0.1, -0.05) is 54.6 Å². The van der Waals surface area contributed by atoms with Gasteiger partial charge in [0.05, 0.1) is 10.6 Å². The number of sulfonamides is 1. The number of anilines is 2. The Labute approximate surface area is 209 Å². The Kier molecular flexibility index (Phi) is 6.42. The van der Waals surface area contributed by atoms with E-state index in [0.29, 0.717) is 17.2 Å². The average molecular weight is 498 g/mol. The highest BCUT2D eigenvalue weighted by molar-refractivity contribution is 7.92. The van der Waals surface area contributed by atoms with E-state index in [1.54, 1.807) is 66.7 Å². The topological polar surface area (TPSA) is 91.5 Å². The second kappa shape index (κ2) is 9.97. The van der Waals surface area contributed by atoms with Crippen LogP contribution >= 0.6 is 0 Å². The molecule has 4 aromatic carbocycles. The first-order chi connectivity index (χ1) is 17.5. The van der Waals surface area contributed by atoms with Crippen molar-refractivity contribution in [2.45, 2.75) is 4.90 Å². The number of aromatic nitrogens is 1. The molecule has 1 aromatic heterocycles. The summed E-state index contributed by atoms with van der Waals surface area (Å²) in [7, 11) is -4.10. The van der Waals surface area contributed by atoms with Crippen molar-refractivity contribution in [3.8, 4) is 11.5 Å². The highest BCUT2D eigenvalue weighted by Gasteiger charge is 2.29. The summed E-state index contributed by atoms with van der Waals surface area (Å²) in [4.78, 5) is 16.3. The zero-order valence-corrected chi connectivity index (χ0v) is 20.0. The summed E-state index contributed by atoms with van der Waals surface area (Å²) in [5.41, 5.74) is 1.67. The molecule has 5 aromatic rings. The van der Waals surface area contributed by atoms with Gasteiger partial charge in [-0.2, -0.15) is 0 Å². The molecule has 8 heteroatoms. The van der Waals surface area contributed by atoms with Crippen molar-refractivity contribution in [3.63, 3.8) is 0 Å². The number of rotatable bonds is 8. The first-order valence-electron chi connectivity index (χ1n) is 11.3. The van der Waals surface area contributed by atoms with E-state index in [2.05, 4.69) is 10.3 Å². The van der Waals surface area contributed by atoms with Crippen LogP contribution in [0.4, 0.5) is 11.4 Å². The number of hydrogen-bond acceptors (Lipinski definition) is 4. The zero-order chi connectivity index (χ0) is 25.0. The predicted octanol–water partition coefficient (Wildman–Crippen LogP) is 5.79. The second-order valence-corrected chi connectivity index (χ2v) is 9.90. The van der Waals surface area contributed by atoms with Gasteiger partial charge in [-0.05, 0) is 60.0 Å². The monoisotopic (exact) mass is 497 g/mol. The summed E-state index contributed by atoms with van der Waals surface area (Å²) in [6, 6.07) is 31.2. The van der Waals surface area contributed by atoms with Crippen LogP contribution in [0.3, 0.4) is 0 Å². The maximum absolute atomic E-state index is 13.8. The fourth-order valence-corrected chi connectivity index (χ4v) is 5.29. The van der Waals surface area contributed by atoms with E-state index in [1.165, 1.54) is 12.1 Å². The van der Waals surface area contributed by atoms with E-state index in [-0.39, 0.29) is 10.6 Å². The third-order valence-corrected chi connectivity index (χ3v) is 7.34. The van der Waals surface area contributed by atoms with Gasteiger partial charge in [0.2, 0.25) is 5.91 Å². The molecule has 0 saturated heterocycles. The van der Waals surface area contributed by atoms with Crippen LogP contribution in [-0.2, 0) is 14.8 Å². The van der Waals surface area contributed by atoms with Crippen LogP contribution in [0.15, 0.2) is 120 Å². The molecule has 0 spiro atoms. The van der Waals surface area contributed by atoms with Crippen molar-refractivity contribution < 1.29 is 17.9 Å². The lowest BCUT2D eigenvalue weighted by atomic mass is 10.2. The summed E-state index contributed by atoms with van der Waals surface area (Å²) in [6.07, 6.45) is 1.81. The molecule has 0 unspecified atom stereocenters. The van der Waals surface area contributed by atoms with Gasteiger partial charge < -0.3 is 15.0 Å². The second-order valence-electron chi connectivity index (χ2n) is 8.04. The fraction of sp³-hybridized carbons (Fsp3) is 0.0357. The molecule has 2 N–H and O–H groups in total. The lowest BCUT2D eigenvalue weighted by Gasteiger charge is -2.26. The average Bonchev–Trinajstić information content (AvgIpc) is 3.37. The highest BCUT2D eigenvalue weighted by atomic mass is 32.2. The third-order valence-electron chi connectivity index (χ3n) is 5.56. The fourth-order valence-electron chi connectivity index (χ4n) is 3.84. The Morgan fingerprint density at radius 3 is 2.31 bits per heavy atom. The van der Waals surface area contributed by atoms with Gasteiger partial charge in [0.25, 0.3) is 10.0 Å². The molecule has 0 atom stereocenters. The van der Waals surface area contributed by atoms with E-state index >= 15 is 0 Å². The summed E-state index contributed by atoms with van der Waals surface area (Å²) < 4.78 is 34.6. The minimum Gasteiger partial charge on any atom is -0.455 e. The summed E-state index contributed by atoms with van der Waals surface area (Å²) in [5, 5.41) is 3.82. The van der Waals surface area contributed by atoms with Gasteiger partial charge in [0, 0.05) is 17.4 Å². The molecule has 36 heavy (non-hydrogen) atoms. The van der Waals surface area contributed by atoms with Crippen LogP contribution in [0.1, 0.15) is 0 Å². The maximum atomic E-state index is 13.8. The molecule has 0 aliphatic carbocycles. The van der Waals surface area contributed by atoms with Crippen molar-refractivity contribution in [1.82, 2.24) is 4.98 Å². The number of fused-ring (bicyclic) bond motifs is 1. The van der Waals surface area contributed by atoms with Gasteiger partial charge in [0.1, 0.15) is 12.3 Å². The van der Waals surface area contributed by atoms with Crippen LogP contribution in [-0.4, -0.2) is 25.9 Å². The van der Waals surface area contributed by atoms with Crippen molar-refractivity contribution >= 4 is 38.2 Å². The number of aromatic amines is 1. The van der Waals surface area contributed by atoms with Crippen molar-refractivity contribution in [2.75, 3.05) is 16.2 Å². The number of para-hydroxylation sites is 3. The lowest BCUT2D eigenvalue weighted by molar-refractivity contribution is -0.114. The molecule has 0 fully saturated rings. The highest BCUT2D eigenvalue weighted by Crippen LogP contribution is 2.35. The Hall–Kier alpha value is -4.56. The molecule has 7 nitrogen and oxygen atoms in total. The minimum atomic E-state index is -4.10. The van der Waals surface area contributed by atoms with Crippen molar-refractivity contribution in [3.05, 3.63) is 115 Å². The van der Waals surface area contributed by atoms with E-state index in [4.69, 9.17) is 4.74 Å². The molecule has 180 valence electrons.